The van der Waals surface area contributed by atoms with Crippen LogP contribution in [0.1, 0.15) is 61.8 Å². The number of benzene rings is 2. The van der Waals surface area contributed by atoms with Gasteiger partial charge in [-0.05, 0) is 91.7 Å². The Morgan fingerprint density at radius 1 is 1.09 bits per heavy atom. The van der Waals surface area contributed by atoms with Crippen molar-refractivity contribution in [1.82, 2.24) is 15.0 Å². The summed E-state index contributed by atoms with van der Waals surface area (Å²) in [6.45, 7) is 2.27. The highest BCUT2D eigenvalue weighted by molar-refractivity contribution is 5.49. The third kappa shape index (κ3) is 2.89. The van der Waals surface area contributed by atoms with Gasteiger partial charge in [0, 0.05) is 5.41 Å². The fourth-order valence-corrected chi connectivity index (χ4v) is 7.35. The quantitative estimate of drug-likeness (QED) is 0.609. The number of para-hydroxylation sites is 1. The first kappa shape index (κ1) is 20.7. The summed E-state index contributed by atoms with van der Waals surface area (Å²) in [4.78, 5) is 0. The van der Waals surface area contributed by atoms with Crippen molar-refractivity contribution in [2.75, 3.05) is 7.11 Å². The maximum atomic E-state index is 12.1. The minimum Gasteiger partial charge on any atom is -0.504 e. The molecule has 3 aliphatic carbocycles. The molecule has 0 spiro atoms. The Morgan fingerprint density at radius 3 is 2.70 bits per heavy atom. The van der Waals surface area contributed by atoms with Crippen molar-refractivity contribution in [3.8, 4) is 17.2 Å². The Kier molecular flexibility index (Phi) is 4.60. The van der Waals surface area contributed by atoms with Gasteiger partial charge in [0.25, 0.3) is 0 Å². The lowest BCUT2D eigenvalue weighted by Gasteiger charge is -2.52. The molecule has 2 saturated carbocycles. The molecule has 0 amide bonds. The molecule has 0 aliphatic heterocycles. The molecule has 33 heavy (non-hydrogen) atoms. The first-order valence-corrected chi connectivity index (χ1v) is 12.0. The first-order valence-electron chi connectivity index (χ1n) is 12.0. The van der Waals surface area contributed by atoms with E-state index in [1.54, 1.807) is 11.8 Å². The topological polar surface area (TPSA) is 80.4 Å². The maximum absolute atomic E-state index is 12.1. The number of hydrogen-bond donors (Lipinski definition) is 2. The zero-order valence-corrected chi connectivity index (χ0v) is 19.2. The van der Waals surface area contributed by atoms with Crippen molar-refractivity contribution < 1.29 is 14.9 Å². The number of phenolic OH excluding ortho intramolecular Hbond substituents is 1. The molecule has 5 atom stereocenters. The number of ether oxygens (including phenoxy) is 1. The van der Waals surface area contributed by atoms with Gasteiger partial charge < -0.3 is 14.9 Å². The summed E-state index contributed by atoms with van der Waals surface area (Å²) in [5.74, 6) is 2.18. The SMILES string of the molecule is COc1cc2c(cc1O)CC[C@@H]1[C@@H]2CC[C@@]2(C)[C@H]1CC[C@@]2(O)c1cn(-c2ccccc2)nn1. The number of rotatable bonds is 3. The number of phenols is 1. The Hall–Kier alpha value is -2.86. The highest BCUT2D eigenvalue weighted by Crippen LogP contribution is 2.67. The number of fused-ring (bicyclic) bond motifs is 5. The molecule has 1 aromatic heterocycles. The van der Waals surface area contributed by atoms with Gasteiger partial charge in [-0.25, -0.2) is 4.68 Å². The maximum Gasteiger partial charge on any atom is 0.160 e. The average Bonchev–Trinajstić information content (AvgIpc) is 3.43. The van der Waals surface area contributed by atoms with Crippen LogP contribution in [0.5, 0.6) is 11.5 Å². The highest BCUT2D eigenvalue weighted by Gasteiger charge is 2.63. The summed E-state index contributed by atoms with van der Waals surface area (Å²) >= 11 is 0. The van der Waals surface area contributed by atoms with Gasteiger partial charge in [0.15, 0.2) is 11.5 Å². The lowest BCUT2D eigenvalue weighted by Crippen LogP contribution is -2.49. The van der Waals surface area contributed by atoms with Crippen molar-refractivity contribution in [2.24, 2.45) is 17.3 Å². The van der Waals surface area contributed by atoms with Crippen LogP contribution in [0.2, 0.25) is 0 Å². The molecule has 3 aliphatic rings. The molecular formula is C27H31N3O3. The number of methoxy groups -OCH3 is 1. The van der Waals surface area contributed by atoms with Crippen LogP contribution in [-0.2, 0) is 12.0 Å². The summed E-state index contributed by atoms with van der Waals surface area (Å²) < 4.78 is 7.19. The Labute approximate surface area is 194 Å². The van der Waals surface area contributed by atoms with Crippen molar-refractivity contribution in [2.45, 2.75) is 57.0 Å². The molecule has 6 heteroatoms. The largest absolute Gasteiger partial charge is 0.504 e. The van der Waals surface area contributed by atoms with Crippen LogP contribution in [-0.4, -0.2) is 32.3 Å². The summed E-state index contributed by atoms with van der Waals surface area (Å²) in [6, 6.07) is 13.9. The Bertz CT molecular complexity index is 1190. The Morgan fingerprint density at radius 2 is 1.91 bits per heavy atom. The number of aryl methyl sites for hydroxylation is 1. The fraction of sp³-hybridized carbons (Fsp3) is 0.481. The predicted octanol–water partition coefficient (Wildman–Crippen LogP) is 4.73. The molecule has 6 nitrogen and oxygen atoms in total. The van der Waals surface area contributed by atoms with Crippen molar-refractivity contribution in [1.29, 1.82) is 0 Å². The smallest absolute Gasteiger partial charge is 0.160 e. The minimum atomic E-state index is -0.970. The van der Waals surface area contributed by atoms with E-state index >= 15 is 0 Å². The van der Waals surface area contributed by atoms with E-state index in [2.05, 4.69) is 23.3 Å². The zero-order valence-electron chi connectivity index (χ0n) is 19.2. The van der Waals surface area contributed by atoms with E-state index in [4.69, 9.17) is 4.74 Å². The standard InChI is InChI=1S/C27H31N3O3/c1-26-12-10-19-20(9-8-17-14-23(31)24(33-2)15-21(17)19)22(26)11-13-27(26,32)25-16-30(29-28-25)18-6-4-3-5-7-18/h3-7,14-16,19-20,22,31-32H,8-13H2,1-2H3/t19-,20+,22-,26-,27+/m0/s1. The minimum absolute atomic E-state index is 0.229. The van der Waals surface area contributed by atoms with Crippen molar-refractivity contribution >= 4 is 0 Å². The van der Waals surface area contributed by atoms with Crippen LogP contribution >= 0.6 is 0 Å². The molecule has 172 valence electrons. The summed E-state index contributed by atoms with van der Waals surface area (Å²) in [7, 11) is 1.61. The summed E-state index contributed by atoms with van der Waals surface area (Å²) in [5, 5.41) is 31.2. The number of nitrogens with zero attached hydrogens (tertiary/aromatic N) is 3. The van der Waals surface area contributed by atoms with Crippen LogP contribution < -0.4 is 4.74 Å². The molecule has 0 saturated heterocycles. The summed E-state index contributed by atoms with van der Waals surface area (Å²) in [6.07, 6.45) is 7.65. The number of aromatic nitrogens is 3. The van der Waals surface area contributed by atoms with E-state index < -0.39 is 5.60 Å². The summed E-state index contributed by atoms with van der Waals surface area (Å²) in [5.41, 5.74) is 3.01. The lowest BCUT2D eigenvalue weighted by molar-refractivity contribution is -0.111. The van der Waals surface area contributed by atoms with Crippen LogP contribution in [0, 0.1) is 17.3 Å². The fourth-order valence-electron chi connectivity index (χ4n) is 7.35. The Balaban J connectivity index is 1.33. The molecular weight excluding hydrogens is 414 g/mol. The zero-order chi connectivity index (χ0) is 22.8. The van der Waals surface area contributed by atoms with Gasteiger partial charge in [0.2, 0.25) is 0 Å². The van der Waals surface area contributed by atoms with Gasteiger partial charge in [0.05, 0.1) is 19.0 Å². The second-order valence-corrected chi connectivity index (χ2v) is 10.4. The van der Waals surface area contributed by atoms with E-state index in [0.29, 0.717) is 29.2 Å². The van der Waals surface area contributed by atoms with E-state index in [1.807, 2.05) is 42.6 Å². The first-order chi connectivity index (χ1) is 15.9. The molecule has 0 radical (unpaired) electrons. The molecule has 0 unspecified atom stereocenters. The molecule has 2 aromatic carbocycles. The predicted molar refractivity (Wildman–Crippen MR) is 125 cm³/mol. The lowest BCUT2D eigenvalue weighted by atomic mass is 9.53. The van der Waals surface area contributed by atoms with Crippen LogP contribution in [0.3, 0.4) is 0 Å². The average molecular weight is 446 g/mol. The molecule has 2 fully saturated rings. The molecule has 2 N–H and O–H groups in total. The number of aliphatic hydroxyl groups is 1. The van der Waals surface area contributed by atoms with Gasteiger partial charge in [0.1, 0.15) is 11.3 Å². The molecule has 0 bridgehead atoms. The molecule has 1 heterocycles. The van der Waals surface area contributed by atoms with E-state index in [9.17, 15) is 10.2 Å². The molecule has 6 rings (SSSR count). The van der Waals surface area contributed by atoms with E-state index in [0.717, 1.165) is 44.2 Å². The second kappa shape index (κ2) is 7.32. The monoisotopic (exact) mass is 445 g/mol. The van der Waals surface area contributed by atoms with Crippen LogP contribution in [0.25, 0.3) is 5.69 Å². The van der Waals surface area contributed by atoms with Crippen molar-refractivity contribution in [3.63, 3.8) is 0 Å². The van der Waals surface area contributed by atoms with Crippen LogP contribution in [0.4, 0.5) is 0 Å². The van der Waals surface area contributed by atoms with Crippen molar-refractivity contribution in [3.05, 3.63) is 65.5 Å². The van der Waals surface area contributed by atoms with Gasteiger partial charge in [-0.1, -0.05) is 30.3 Å². The van der Waals surface area contributed by atoms with Gasteiger partial charge in [-0.3, -0.25) is 0 Å². The highest BCUT2D eigenvalue weighted by atomic mass is 16.5. The van der Waals surface area contributed by atoms with E-state index in [1.165, 1.54) is 11.1 Å². The van der Waals surface area contributed by atoms with Gasteiger partial charge in [-0.2, -0.15) is 0 Å². The molecule has 3 aromatic rings. The van der Waals surface area contributed by atoms with E-state index in [-0.39, 0.29) is 11.2 Å². The number of aromatic hydroxyl groups is 1. The second-order valence-electron chi connectivity index (χ2n) is 10.4. The van der Waals surface area contributed by atoms with Gasteiger partial charge in [-0.15, -0.1) is 5.10 Å². The third-order valence-electron chi connectivity index (χ3n) is 9.11. The normalized spacial score (nSPS) is 32.6. The third-order valence-corrected chi connectivity index (χ3v) is 9.11. The number of hydrogen-bond acceptors (Lipinski definition) is 5. The van der Waals surface area contributed by atoms with Crippen LogP contribution in [0.15, 0.2) is 48.7 Å². The van der Waals surface area contributed by atoms with Gasteiger partial charge >= 0.3 is 0 Å².